The van der Waals surface area contributed by atoms with Crippen molar-refractivity contribution in [3.63, 3.8) is 0 Å². The van der Waals surface area contributed by atoms with Crippen molar-refractivity contribution in [2.24, 2.45) is 16.7 Å². The minimum atomic E-state index is -0.147. The van der Waals surface area contributed by atoms with Crippen LogP contribution in [0.5, 0.6) is 0 Å². The van der Waals surface area contributed by atoms with E-state index in [1.165, 1.54) is 6.42 Å². The van der Waals surface area contributed by atoms with E-state index < -0.39 is 0 Å². The molecule has 0 fully saturated rings. The van der Waals surface area contributed by atoms with Crippen LogP contribution < -0.4 is 0 Å². The molecule has 0 saturated carbocycles. The second kappa shape index (κ2) is 5.34. The van der Waals surface area contributed by atoms with Crippen LogP contribution in [0, 0.1) is 16.7 Å². The molecule has 0 bridgehead atoms. The van der Waals surface area contributed by atoms with Crippen molar-refractivity contribution in [2.45, 2.75) is 73.8 Å². The number of hydrogen-bond acceptors (Lipinski definition) is 1. The molecule has 0 saturated heterocycles. The average molecular weight is 214 g/mol. The number of hydrogen-bond donors (Lipinski definition) is 1. The molecule has 0 spiro atoms. The van der Waals surface area contributed by atoms with Crippen molar-refractivity contribution in [1.29, 1.82) is 0 Å². The zero-order chi connectivity index (χ0) is 12.3. The minimum Gasteiger partial charge on any atom is -0.393 e. The van der Waals surface area contributed by atoms with Crippen LogP contribution >= 0.6 is 0 Å². The summed E-state index contributed by atoms with van der Waals surface area (Å²) in [6.45, 7) is 15.6. The fourth-order valence-electron chi connectivity index (χ4n) is 1.87. The molecule has 2 atom stereocenters. The molecule has 2 unspecified atom stereocenters. The Kier molecular flexibility index (Phi) is 5.32. The van der Waals surface area contributed by atoms with Gasteiger partial charge in [-0.15, -0.1) is 0 Å². The number of aliphatic hydroxyl groups is 1. The van der Waals surface area contributed by atoms with Crippen molar-refractivity contribution < 1.29 is 5.11 Å². The largest absolute Gasteiger partial charge is 0.393 e. The lowest BCUT2D eigenvalue weighted by molar-refractivity contribution is 0.0692. The van der Waals surface area contributed by atoms with Gasteiger partial charge in [-0.1, -0.05) is 54.9 Å². The van der Waals surface area contributed by atoms with Crippen LogP contribution in [0.2, 0.25) is 0 Å². The van der Waals surface area contributed by atoms with Gasteiger partial charge in [0.25, 0.3) is 0 Å². The van der Waals surface area contributed by atoms with Crippen molar-refractivity contribution in [3.8, 4) is 0 Å². The van der Waals surface area contributed by atoms with Crippen molar-refractivity contribution in [3.05, 3.63) is 0 Å². The fourth-order valence-corrected chi connectivity index (χ4v) is 1.87. The average Bonchev–Trinajstić information content (AvgIpc) is 2.00. The zero-order valence-corrected chi connectivity index (χ0v) is 11.7. The highest BCUT2D eigenvalue weighted by Crippen LogP contribution is 2.35. The highest BCUT2D eigenvalue weighted by molar-refractivity contribution is 4.78. The highest BCUT2D eigenvalue weighted by atomic mass is 16.3. The maximum atomic E-state index is 10.0. The Morgan fingerprint density at radius 2 is 1.53 bits per heavy atom. The lowest BCUT2D eigenvalue weighted by atomic mass is 9.74. The van der Waals surface area contributed by atoms with Crippen LogP contribution in [0.25, 0.3) is 0 Å². The van der Waals surface area contributed by atoms with Gasteiger partial charge in [-0.05, 0) is 29.6 Å². The van der Waals surface area contributed by atoms with Crippen LogP contribution in [-0.4, -0.2) is 11.2 Å². The van der Waals surface area contributed by atoms with Gasteiger partial charge in [-0.25, -0.2) is 0 Å². The summed E-state index contributed by atoms with van der Waals surface area (Å²) >= 11 is 0. The Morgan fingerprint density at radius 3 is 1.87 bits per heavy atom. The molecule has 92 valence electrons. The predicted molar refractivity (Wildman–Crippen MR) is 67.9 cm³/mol. The van der Waals surface area contributed by atoms with Gasteiger partial charge in [-0.2, -0.15) is 0 Å². The van der Waals surface area contributed by atoms with Crippen LogP contribution in [0.15, 0.2) is 0 Å². The van der Waals surface area contributed by atoms with E-state index in [1.807, 2.05) is 0 Å². The zero-order valence-electron chi connectivity index (χ0n) is 11.7. The summed E-state index contributed by atoms with van der Waals surface area (Å²) in [5.74, 6) is 0.583. The predicted octanol–water partition coefficient (Wildman–Crippen LogP) is 4.25. The molecule has 0 aromatic carbocycles. The Labute approximate surface area is 96.3 Å². The molecule has 0 aliphatic carbocycles. The lowest BCUT2D eigenvalue weighted by Crippen LogP contribution is -2.27. The van der Waals surface area contributed by atoms with Gasteiger partial charge in [0.05, 0.1) is 6.10 Å². The molecule has 1 N–H and O–H groups in total. The highest BCUT2D eigenvalue weighted by Gasteiger charge is 2.27. The quantitative estimate of drug-likeness (QED) is 0.725. The van der Waals surface area contributed by atoms with E-state index in [4.69, 9.17) is 0 Å². The molecule has 0 radical (unpaired) electrons. The first-order chi connectivity index (χ1) is 6.58. The van der Waals surface area contributed by atoms with E-state index in [1.54, 1.807) is 0 Å². The SMILES string of the molecule is CCC(C)(C)C(C)CC(O)CC(C)(C)C. The third-order valence-electron chi connectivity index (χ3n) is 3.72. The monoisotopic (exact) mass is 214 g/mol. The molecule has 1 nitrogen and oxygen atoms in total. The second-order valence-corrected chi connectivity index (χ2v) is 6.90. The third kappa shape index (κ3) is 6.19. The molecule has 0 aromatic heterocycles. The van der Waals surface area contributed by atoms with E-state index in [9.17, 15) is 5.11 Å². The summed E-state index contributed by atoms with van der Waals surface area (Å²) in [7, 11) is 0. The van der Waals surface area contributed by atoms with Crippen LogP contribution in [0.3, 0.4) is 0 Å². The van der Waals surface area contributed by atoms with Crippen molar-refractivity contribution in [2.75, 3.05) is 0 Å². The normalized spacial score (nSPS) is 17.6. The van der Waals surface area contributed by atoms with Gasteiger partial charge in [-0.3, -0.25) is 0 Å². The van der Waals surface area contributed by atoms with Gasteiger partial charge in [0.1, 0.15) is 0 Å². The van der Waals surface area contributed by atoms with Crippen molar-refractivity contribution >= 4 is 0 Å². The van der Waals surface area contributed by atoms with E-state index in [-0.39, 0.29) is 11.5 Å². The summed E-state index contributed by atoms with van der Waals surface area (Å²) < 4.78 is 0. The summed E-state index contributed by atoms with van der Waals surface area (Å²) in [6.07, 6.45) is 2.86. The number of rotatable bonds is 5. The van der Waals surface area contributed by atoms with E-state index in [2.05, 4.69) is 48.5 Å². The topological polar surface area (TPSA) is 20.2 Å². The van der Waals surface area contributed by atoms with Gasteiger partial charge >= 0.3 is 0 Å². The van der Waals surface area contributed by atoms with Crippen LogP contribution in [0.4, 0.5) is 0 Å². The van der Waals surface area contributed by atoms with Crippen LogP contribution in [0.1, 0.15) is 67.7 Å². The second-order valence-electron chi connectivity index (χ2n) is 6.90. The smallest absolute Gasteiger partial charge is 0.0548 e. The Bertz CT molecular complexity index is 176. The summed E-state index contributed by atoms with van der Waals surface area (Å²) in [6, 6.07) is 0. The molecule has 0 rings (SSSR count). The lowest BCUT2D eigenvalue weighted by Gasteiger charge is -2.33. The maximum Gasteiger partial charge on any atom is 0.0548 e. The Hall–Kier alpha value is -0.0400. The first-order valence-corrected chi connectivity index (χ1v) is 6.26. The molecule has 0 heterocycles. The first kappa shape index (κ1) is 15.0. The summed E-state index contributed by atoms with van der Waals surface area (Å²) in [5.41, 5.74) is 0.578. The van der Waals surface area contributed by atoms with E-state index >= 15 is 0 Å². The number of aliphatic hydroxyl groups excluding tert-OH is 1. The van der Waals surface area contributed by atoms with Gasteiger partial charge < -0.3 is 5.11 Å². The standard InChI is InChI=1S/C14H30O/c1-8-14(6,7)11(2)9-12(15)10-13(3,4)5/h11-12,15H,8-10H2,1-7H3. The van der Waals surface area contributed by atoms with E-state index in [0.29, 0.717) is 11.3 Å². The Morgan fingerprint density at radius 1 is 1.07 bits per heavy atom. The molecule has 0 aliphatic heterocycles. The molecule has 0 aromatic rings. The van der Waals surface area contributed by atoms with E-state index in [0.717, 1.165) is 12.8 Å². The molecular weight excluding hydrogens is 184 g/mol. The molecular formula is C14H30O. The van der Waals surface area contributed by atoms with Gasteiger partial charge in [0, 0.05) is 0 Å². The summed E-state index contributed by atoms with van der Waals surface area (Å²) in [5, 5.41) is 10.0. The molecule has 1 heteroatoms. The maximum absolute atomic E-state index is 10.0. The Balaban J connectivity index is 4.13. The molecule has 0 aliphatic rings. The summed E-state index contributed by atoms with van der Waals surface area (Å²) in [4.78, 5) is 0. The molecule has 15 heavy (non-hydrogen) atoms. The first-order valence-electron chi connectivity index (χ1n) is 6.26. The molecule has 0 amide bonds. The van der Waals surface area contributed by atoms with Gasteiger partial charge in [0.15, 0.2) is 0 Å². The third-order valence-corrected chi connectivity index (χ3v) is 3.72. The van der Waals surface area contributed by atoms with Gasteiger partial charge in [0.2, 0.25) is 0 Å². The van der Waals surface area contributed by atoms with Crippen LogP contribution in [-0.2, 0) is 0 Å². The fraction of sp³-hybridized carbons (Fsp3) is 1.00. The van der Waals surface area contributed by atoms with Crippen molar-refractivity contribution in [1.82, 2.24) is 0 Å². The minimum absolute atomic E-state index is 0.147.